The summed E-state index contributed by atoms with van der Waals surface area (Å²) < 4.78 is 2.06. The molecule has 0 amide bonds. The molecule has 3 nitrogen and oxygen atoms in total. The van der Waals surface area contributed by atoms with Gasteiger partial charge >= 0.3 is 5.97 Å². The first kappa shape index (κ1) is 10.7. The Labute approximate surface area is 94.3 Å². The number of nitrogens with zero attached hydrogens (tertiary/aromatic N) is 1. The van der Waals surface area contributed by atoms with Gasteiger partial charge in [0.1, 0.15) is 0 Å². The van der Waals surface area contributed by atoms with E-state index in [-0.39, 0.29) is 0 Å². The molecule has 16 heavy (non-hydrogen) atoms. The van der Waals surface area contributed by atoms with Gasteiger partial charge < -0.3 is 9.67 Å². The van der Waals surface area contributed by atoms with Gasteiger partial charge in [0.15, 0.2) is 0 Å². The van der Waals surface area contributed by atoms with Crippen LogP contribution in [0.4, 0.5) is 0 Å². The average Bonchev–Trinajstić information content (AvgIpc) is 2.51. The number of carboxylic acids is 1. The van der Waals surface area contributed by atoms with E-state index >= 15 is 0 Å². The number of carboxylic acid groups (broad SMARTS) is 1. The zero-order chi connectivity index (χ0) is 11.9. The van der Waals surface area contributed by atoms with Crippen molar-refractivity contribution in [2.75, 3.05) is 0 Å². The first-order valence-electron chi connectivity index (χ1n) is 5.38. The summed E-state index contributed by atoms with van der Waals surface area (Å²) in [5, 5.41) is 10.1. The highest BCUT2D eigenvalue weighted by molar-refractivity contribution is 6.05. The first-order chi connectivity index (χ1) is 7.57. The summed E-state index contributed by atoms with van der Waals surface area (Å²) in [6, 6.07) is 5.43. The summed E-state index contributed by atoms with van der Waals surface area (Å²) in [7, 11) is 1.97. The number of aryl methyl sites for hydroxylation is 2. The summed E-state index contributed by atoms with van der Waals surface area (Å²) in [4.78, 5) is 11.2. The molecule has 0 atom stereocenters. The molecule has 1 heterocycles. The molecule has 84 valence electrons. The van der Waals surface area contributed by atoms with Gasteiger partial charge in [-0.2, -0.15) is 0 Å². The topological polar surface area (TPSA) is 42.2 Å². The number of aromatic carboxylic acids is 1. The van der Waals surface area contributed by atoms with Gasteiger partial charge in [0.05, 0.1) is 5.56 Å². The molecule has 0 aliphatic rings. The fourth-order valence-electron chi connectivity index (χ4n) is 2.31. The molecule has 0 saturated heterocycles. The van der Waals surface area contributed by atoms with Crippen LogP contribution in [0.1, 0.15) is 28.5 Å². The van der Waals surface area contributed by atoms with Crippen LogP contribution in [-0.4, -0.2) is 15.6 Å². The van der Waals surface area contributed by atoms with Gasteiger partial charge in [-0.25, -0.2) is 4.79 Å². The third-order valence-corrected chi connectivity index (χ3v) is 3.23. The molecule has 0 bridgehead atoms. The molecular formula is C13H15NO2. The number of rotatable bonds is 2. The molecule has 1 aromatic carbocycles. The summed E-state index contributed by atoms with van der Waals surface area (Å²) in [6.07, 6.45) is 0.855. The number of aromatic nitrogens is 1. The minimum atomic E-state index is -0.856. The predicted octanol–water partition coefficient (Wildman–Crippen LogP) is 2.75. The van der Waals surface area contributed by atoms with Crippen molar-refractivity contribution in [3.05, 3.63) is 35.0 Å². The van der Waals surface area contributed by atoms with E-state index in [0.717, 1.165) is 28.6 Å². The zero-order valence-electron chi connectivity index (χ0n) is 9.74. The highest BCUT2D eigenvalue weighted by Crippen LogP contribution is 2.28. The third kappa shape index (κ3) is 1.32. The van der Waals surface area contributed by atoms with Crippen molar-refractivity contribution < 1.29 is 9.90 Å². The molecule has 0 fully saturated rings. The van der Waals surface area contributed by atoms with Gasteiger partial charge in [-0.3, -0.25) is 0 Å². The van der Waals surface area contributed by atoms with Crippen LogP contribution in [-0.2, 0) is 13.5 Å². The van der Waals surface area contributed by atoms with Crippen molar-refractivity contribution >= 4 is 16.9 Å². The molecule has 3 heteroatoms. The van der Waals surface area contributed by atoms with Gasteiger partial charge in [-0.15, -0.1) is 0 Å². The van der Waals surface area contributed by atoms with Crippen molar-refractivity contribution in [1.29, 1.82) is 0 Å². The van der Waals surface area contributed by atoms with Crippen LogP contribution in [0.5, 0.6) is 0 Å². The zero-order valence-corrected chi connectivity index (χ0v) is 9.74. The number of carbonyl (C=O) groups is 1. The summed E-state index contributed by atoms with van der Waals surface area (Å²) >= 11 is 0. The lowest BCUT2D eigenvalue weighted by molar-refractivity contribution is 0.0699. The molecule has 0 aliphatic carbocycles. The normalized spacial score (nSPS) is 10.9. The lowest BCUT2D eigenvalue weighted by Crippen LogP contribution is -1.97. The van der Waals surface area contributed by atoms with E-state index in [2.05, 4.69) is 11.5 Å². The molecule has 2 rings (SSSR count). The maximum Gasteiger partial charge on any atom is 0.336 e. The van der Waals surface area contributed by atoms with Gasteiger partial charge in [-0.05, 0) is 31.0 Å². The predicted molar refractivity (Wildman–Crippen MR) is 64.0 cm³/mol. The summed E-state index contributed by atoms with van der Waals surface area (Å²) in [5.74, 6) is -0.856. The first-order valence-corrected chi connectivity index (χ1v) is 5.38. The van der Waals surface area contributed by atoms with Crippen molar-refractivity contribution in [3.8, 4) is 0 Å². The largest absolute Gasteiger partial charge is 0.478 e. The van der Waals surface area contributed by atoms with E-state index in [1.165, 1.54) is 0 Å². The molecule has 2 aromatic rings. The number of fused-ring (bicyclic) bond motifs is 1. The lowest BCUT2D eigenvalue weighted by Gasteiger charge is -2.00. The number of benzene rings is 1. The smallest absolute Gasteiger partial charge is 0.336 e. The van der Waals surface area contributed by atoms with Gasteiger partial charge in [-0.1, -0.05) is 13.0 Å². The van der Waals surface area contributed by atoms with E-state index in [4.69, 9.17) is 0 Å². The van der Waals surface area contributed by atoms with Crippen molar-refractivity contribution in [2.24, 2.45) is 7.05 Å². The van der Waals surface area contributed by atoms with Crippen molar-refractivity contribution in [1.82, 2.24) is 4.57 Å². The second kappa shape index (κ2) is 3.67. The summed E-state index contributed by atoms with van der Waals surface area (Å²) in [6.45, 7) is 4.09. The fourth-order valence-corrected chi connectivity index (χ4v) is 2.31. The average molecular weight is 217 g/mol. The highest BCUT2D eigenvalue weighted by atomic mass is 16.4. The second-order valence-corrected chi connectivity index (χ2v) is 3.98. The van der Waals surface area contributed by atoms with Crippen LogP contribution in [0.3, 0.4) is 0 Å². The Morgan fingerprint density at radius 2 is 2.12 bits per heavy atom. The van der Waals surface area contributed by atoms with Crippen LogP contribution in [0.25, 0.3) is 10.9 Å². The second-order valence-electron chi connectivity index (χ2n) is 3.98. The Kier molecular flexibility index (Phi) is 2.46. The quantitative estimate of drug-likeness (QED) is 0.840. The number of hydrogen-bond acceptors (Lipinski definition) is 1. The number of hydrogen-bond donors (Lipinski definition) is 1. The van der Waals surface area contributed by atoms with Crippen LogP contribution < -0.4 is 0 Å². The highest BCUT2D eigenvalue weighted by Gasteiger charge is 2.16. The summed E-state index contributed by atoms with van der Waals surface area (Å²) in [5.41, 5.74) is 3.68. The van der Waals surface area contributed by atoms with Crippen molar-refractivity contribution in [3.63, 3.8) is 0 Å². The van der Waals surface area contributed by atoms with Crippen LogP contribution in [0.15, 0.2) is 18.2 Å². The Bertz CT molecular complexity index is 567. The minimum absolute atomic E-state index is 0.401. The molecule has 0 spiro atoms. The molecule has 0 aliphatic heterocycles. The molecule has 1 N–H and O–H groups in total. The van der Waals surface area contributed by atoms with Crippen LogP contribution >= 0.6 is 0 Å². The maximum absolute atomic E-state index is 11.2. The van der Waals surface area contributed by atoms with Crippen LogP contribution in [0.2, 0.25) is 0 Å². The standard InChI is InChI=1S/C13H15NO2/c1-4-9-8(2)14(3)11-7-5-6-10(12(9)11)13(15)16/h5-7H,4H2,1-3H3,(H,15,16). The Hall–Kier alpha value is -1.77. The van der Waals surface area contributed by atoms with E-state index in [1.54, 1.807) is 12.1 Å². The monoisotopic (exact) mass is 217 g/mol. The lowest BCUT2D eigenvalue weighted by atomic mass is 10.0. The Balaban J connectivity index is 2.96. The van der Waals surface area contributed by atoms with E-state index in [0.29, 0.717) is 5.56 Å². The van der Waals surface area contributed by atoms with Crippen molar-refractivity contribution in [2.45, 2.75) is 20.3 Å². The molecule has 0 saturated carbocycles. The van der Waals surface area contributed by atoms with Gasteiger partial charge in [0.2, 0.25) is 0 Å². The Morgan fingerprint density at radius 1 is 1.44 bits per heavy atom. The van der Waals surface area contributed by atoms with E-state index in [9.17, 15) is 9.90 Å². The van der Waals surface area contributed by atoms with Gasteiger partial charge in [0, 0.05) is 23.6 Å². The van der Waals surface area contributed by atoms with Gasteiger partial charge in [0.25, 0.3) is 0 Å². The molecule has 0 unspecified atom stereocenters. The molecule has 1 aromatic heterocycles. The van der Waals surface area contributed by atoms with E-state index in [1.807, 2.05) is 20.0 Å². The maximum atomic E-state index is 11.2. The van der Waals surface area contributed by atoms with E-state index < -0.39 is 5.97 Å². The Morgan fingerprint density at radius 3 is 2.69 bits per heavy atom. The minimum Gasteiger partial charge on any atom is -0.478 e. The van der Waals surface area contributed by atoms with Crippen LogP contribution in [0, 0.1) is 6.92 Å². The fraction of sp³-hybridized carbons (Fsp3) is 0.308. The molecule has 0 radical (unpaired) electrons. The third-order valence-electron chi connectivity index (χ3n) is 3.23. The SMILES string of the molecule is CCc1c(C)n(C)c2cccc(C(=O)O)c12. The molecular weight excluding hydrogens is 202 g/mol.